The molecule has 0 fully saturated rings. The maximum absolute atomic E-state index is 11.2. The summed E-state index contributed by atoms with van der Waals surface area (Å²) in [6, 6.07) is 17.0. The van der Waals surface area contributed by atoms with Crippen LogP contribution in [0.1, 0.15) is 0 Å². The van der Waals surface area contributed by atoms with Gasteiger partial charge in [0.05, 0.1) is 28.4 Å². The third-order valence-electron chi connectivity index (χ3n) is 7.41. The van der Waals surface area contributed by atoms with Crippen LogP contribution in [0.25, 0.3) is 54.2 Å². The van der Waals surface area contributed by atoms with Crippen molar-refractivity contribution in [3.05, 3.63) is 60.7 Å². The number of aromatic hydroxyl groups is 4. The van der Waals surface area contributed by atoms with Gasteiger partial charge in [-0.15, -0.1) is 0 Å². The molecule has 0 radical (unpaired) electrons. The van der Waals surface area contributed by atoms with Crippen molar-refractivity contribution in [1.29, 1.82) is 0 Å². The van der Waals surface area contributed by atoms with Crippen LogP contribution in [0.4, 0.5) is 0 Å². The van der Waals surface area contributed by atoms with Crippen LogP contribution in [-0.4, -0.2) is 48.9 Å². The normalized spacial score (nSPS) is 11.4. The zero-order valence-corrected chi connectivity index (χ0v) is 22.2. The van der Waals surface area contributed by atoms with Gasteiger partial charge in [0.2, 0.25) is 0 Å². The Kier molecular flexibility index (Phi) is 5.76. The number of rotatable bonds is 5. The minimum atomic E-state index is -0.0614. The maximum Gasteiger partial charge on any atom is 0.161 e. The highest BCUT2D eigenvalue weighted by Gasteiger charge is 2.24. The Morgan fingerprint density at radius 1 is 0.400 bits per heavy atom. The average molecular weight is 539 g/mol. The van der Waals surface area contributed by atoms with E-state index < -0.39 is 0 Å². The lowest BCUT2D eigenvalue weighted by molar-refractivity contribution is 0.374. The van der Waals surface area contributed by atoms with Gasteiger partial charge >= 0.3 is 0 Å². The molecule has 0 saturated heterocycles. The van der Waals surface area contributed by atoms with Crippen LogP contribution in [0.15, 0.2) is 60.7 Å². The molecule has 0 unspecified atom stereocenters. The number of fused-ring (bicyclic) bond motifs is 6. The van der Waals surface area contributed by atoms with Gasteiger partial charge in [0.1, 0.15) is 23.0 Å². The van der Waals surface area contributed by atoms with Crippen molar-refractivity contribution < 1.29 is 39.4 Å². The lowest BCUT2D eigenvalue weighted by atomic mass is 9.88. The quantitative estimate of drug-likeness (QED) is 0.177. The van der Waals surface area contributed by atoms with Crippen molar-refractivity contribution in [2.24, 2.45) is 0 Å². The summed E-state index contributed by atoms with van der Waals surface area (Å²) in [5.74, 6) is 1.21. The Labute approximate surface area is 228 Å². The van der Waals surface area contributed by atoms with E-state index in [0.717, 1.165) is 10.8 Å². The summed E-state index contributed by atoms with van der Waals surface area (Å²) in [6.07, 6.45) is 0. The molecule has 0 aliphatic rings. The number of phenols is 4. The Balaban J connectivity index is 1.80. The summed E-state index contributed by atoms with van der Waals surface area (Å²) in [5.41, 5.74) is 1.23. The molecule has 0 bridgehead atoms. The molecule has 40 heavy (non-hydrogen) atoms. The number of methoxy groups -OCH3 is 4. The van der Waals surface area contributed by atoms with Gasteiger partial charge in [-0.2, -0.15) is 0 Å². The van der Waals surface area contributed by atoms with Gasteiger partial charge in [0.15, 0.2) is 23.0 Å². The molecule has 8 heteroatoms. The van der Waals surface area contributed by atoms with Gasteiger partial charge in [-0.3, -0.25) is 0 Å². The van der Waals surface area contributed by atoms with E-state index in [1.807, 2.05) is 24.3 Å². The summed E-state index contributed by atoms with van der Waals surface area (Å²) in [5, 5.41) is 48.5. The maximum atomic E-state index is 11.2. The van der Waals surface area contributed by atoms with Crippen LogP contribution >= 0.6 is 0 Å². The second kappa shape index (κ2) is 9.20. The molecule has 0 aliphatic heterocycles. The van der Waals surface area contributed by atoms with Gasteiger partial charge in [0.25, 0.3) is 0 Å². The molecule has 202 valence electrons. The van der Waals surface area contributed by atoms with E-state index in [-0.39, 0.29) is 23.0 Å². The lowest BCUT2D eigenvalue weighted by Gasteiger charge is -2.20. The van der Waals surface area contributed by atoms with Crippen molar-refractivity contribution in [3.8, 4) is 57.1 Å². The molecule has 0 saturated carbocycles. The smallest absolute Gasteiger partial charge is 0.161 e. The molecule has 0 heterocycles. The molecule has 0 spiro atoms. The zero-order valence-electron chi connectivity index (χ0n) is 22.2. The van der Waals surface area contributed by atoms with Gasteiger partial charge < -0.3 is 39.4 Å². The van der Waals surface area contributed by atoms with E-state index in [2.05, 4.69) is 0 Å². The first-order valence-corrected chi connectivity index (χ1v) is 12.4. The van der Waals surface area contributed by atoms with Crippen LogP contribution in [0.5, 0.6) is 46.0 Å². The molecular formula is C32H26O8. The number of phenolic OH excluding ortho intramolecular Hbond substituents is 4. The Morgan fingerprint density at radius 2 is 0.775 bits per heavy atom. The Hall–Kier alpha value is -5.24. The summed E-state index contributed by atoms with van der Waals surface area (Å²) in [7, 11) is 5.97. The minimum Gasteiger partial charge on any atom is -0.507 e. The zero-order chi connectivity index (χ0) is 28.3. The summed E-state index contributed by atoms with van der Waals surface area (Å²) in [4.78, 5) is 0. The second-order valence-corrected chi connectivity index (χ2v) is 9.41. The van der Waals surface area contributed by atoms with Gasteiger partial charge in [-0.25, -0.2) is 0 Å². The third kappa shape index (κ3) is 3.53. The highest BCUT2D eigenvalue weighted by Crippen LogP contribution is 2.52. The largest absolute Gasteiger partial charge is 0.507 e. The van der Waals surface area contributed by atoms with E-state index in [0.29, 0.717) is 66.4 Å². The van der Waals surface area contributed by atoms with Crippen LogP contribution in [-0.2, 0) is 0 Å². The first-order chi connectivity index (χ1) is 19.3. The molecule has 6 aromatic carbocycles. The van der Waals surface area contributed by atoms with E-state index in [4.69, 9.17) is 18.9 Å². The van der Waals surface area contributed by atoms with Gasteiger partial charge in [0, 0.05) is 34.0 Å². The number of benzene rings is 6. The SMILES string of the molecule is COc1cc2ccc3c(-c4c(OC)cc(O)c5c4ccc4cc(OC)c(O)cc45)c(OC)cc(O)c3c2cc1O. The first-order valence-electron chi connectivity index (χ1n) is 12.4. The van der Waals surface area contributed by atoms with E-state index in [9.17, 15) is 20.4 Å². The third-order valence-corrected chi connectivity index (χ3v) is 7.41. The van der Waals surface area contributed by atoms with Crippen LogP contribution in [0, 0.1) is 0 Å². The molecule has 0 aliphatic carbocycles. The molecule has 6 rings (SSSR count). The Morgan fingerprint density at radius 3 is 1.12 bits per heavy atom. The van der Waals surface area contributed by atoms with Crippen molar-refractivity contribution in [3.63, 3.8) is 0 Å². The van der Waals surface area contributed by atoms with Crippen molar-refractivity contribution in [2.75, 3.05) is 28.4 Å². The van der Waals surface area contributed by atoms with E-state index in [1.54, 1.807) is 24.3 Å². The topological polar surface area (TPSA) is 118 Å². The summed E-state index contributed by atoms with van der Waals surface area (Å²) in [6.45, 7) is 0. The molecule has 8 nitrogen and oxygen atoms in total. The van der Waals surface area contributed by atoms with E-state index >= 15 is 0 Å². The predicted octanol–water partition coefficient (Wildman–Crippen LogP) is 6.82. The average Bonchev–Trinajstić information content (AvgIpc) is 2.95. The summed E-state index contributed by atoms with van der Waals surface area (Å²) < 4.78 is 22.1. The number of hydrogen-bond acceptors (Lipinski definition) is 8. The van der Waals surface area contributed by atoms with Crippen LogP contribution < -0.4 is 18.9 Å². The Bertz CT molecular complexity index is 1850. The number of hydrogen-bond donors (Lipinski definition) is 4. The van der Waals surface area contributed by atoms with Crippen molar-refractivity contribution in [1.82, 2.24) is 0 Å². The fraction of sp³-hybridized carbons (Fsp3) is 0.125. The molecule has 0 atom stereocenters. The highest BCUT2D eigenvalue weighted by molar-refractivity contribution is 6.22. The molecular weight excluding hydrogens is 512 g/mol. The molecule has 4 N–H and O–H groups in total. The molecule has 0 amide bonds. The number of ether oxygens (including phenoxy) is 4. The lowest BCUT2D eigenvalue weighted by Crippen LogP contribution is -1.96. The highest BCUT2D eigenvalue weighted by atomic mass is 16.5. The van der Waals surface area contributed by atoms with Crippen molar-refractivity contribution >= 4 is 43.1 Å². The molecule has 0 aromatic heterocycles. The predicted molar refractivity (Wildman–Crippen MR) is 155 cm³/mol. The minimum absolute atomic E-state index is 0.0321. The molecule has 6 aromatic rings. The van der Waals surface area contributed by atoms with Crippen LogP contribution in [0.3, 0.4) is 0 Å². The van der Waals surface area contributed by atoms with Gasteiger partial charge in [-0.05, 0) is 56.6 Å². The van der Waals surface area contributed by atoms with Crippen molar-refractivity contribution in [2.45, 2.75) is 0 Å². The fourth-order valence-corrected chi connectivity index (χ4v) is 5.62. The monoisotopic (exact) mass is 538 g/mol. The second-order valence-electron chi connectivity index (χ2n) is 9.41. The summed E-state index contributed by atoms with van der Waals surface area (Å²) >= 11 is 0. The van der Waals surface area contributed by atoms with E-state index in [1.165, 1.54) is 40.6 Å². The van der Waals surface area contributed by atoms with Gasteiger partial charge in [-0.1, -0.05) is 24.3 Å². The first kappa shape index (κ1) is 25.1. The standard InChI is InChI=1S/C32H26O8/c1-37-25-9-15-5-7-17-29(19(15)11-21(25)33)23(35)13-27(39-3)31(17)32-18-8-6-16-10-26(38-2)22(34)12-20(16)30(18)24(36)14-28(32)40-4/h5-14,33-36H,1-4H3. The van der Waals surface area contributed by atoms with Crippen LogP contribution in [0.2, 0.25) is 0 Å². The fourth-order valence-electron chi connectivity index (χ4n) is 5.62.